The van der Waals surface area contributed by atoms with Gasteiger partial charge < -0.3 is 24.6 Å². The molecule has 0 bridgehead atoms. The van der Waals surface area contributed by atoms with Crippen LogP contribution in [0.1, 0.15) is 16.2 Å². The van der Waals surface area contributed by atoms with Gasteiger partial charge in [0.2, 0.25) is 0 Å². The van der Waals surface area contributed by atoms with E-state index in [1.807, 2.05) is 0 Å². The van der Waals surface area contributed by atoms with Crippen LogP contribution in [0, 0.1) is 6.92 Å². The Morgan fingerprint density at radius 3 is 2.52 bits per heavy atom. The monoisotopic (exact) mass is 388 g/mol. The number of ether oxygens (including phenoxy) is 2. The Hall–Kier alpha value is -3.26. The van der Waals surface area contributed by atoms with Crippen LogP contribution in [-0.2, 0) is 0 Å². The maximum atomic E-state index is 12.5. The van der Waals surface area contributed by atoms with E-state index < -0.39 is 5.91 Å². The standard InChI is InChI=1S/C18H17ClN4O4/c1-10-6-17(23-27-10)21-11-4-5-13(20-9-11)18(24)22-14-8-15(25-2)12(19)7-16(14)26-3/h4-9H,1-3H3,(H,21,23)(H,22,24). The number of aryl methyl sites for hydroxylation is 1. The van der Waals surface area contributed by atoms with Gasteiger partial charge in [-0.3, -0.25) is 4.79 Å². The molecule has 8 nitrogen and oxygen atoms in total. The van der Waals surface area contributed by atoms with E-state index in [1.54, 1.807) is 37.3 Å². The highest BCUT2D eigenvalue weighted by molar-refractivity contribution is 6.32. The fraction of sp³-hybridized carbons (Fsp3) is 0.167. The second kappa shape index (κ2) is 7.96. The van der Waals surface area contributed by atoms with Gasteiger partial charge in [-0.25, -0.2) is 4.98 Å². The number of carbonyl (C=O) groups is 1. The van der Waals surface area contributed by atoms with Crippen molar-refractivity contribution in [1.82, 2.24) is 10.1 Å². The summed E-state index contributed by atoms with van der Waals surface area (Å²) >= 11 is 6.07. The van der Waals surface area contributed by atoms with E-state index in [4.69, 9.17) is 25.6 Å². The van der Waals surface area contributed by atoms with Gasteiger partial charge in [0.05, 0.1) is 36.8 Å². The number of pyridine rings is 1. The van der Waals surface area contributed by atoms with Crippen LogP contribution >= 0.6 is 11.6 Å². The third kappa shape index (κ3) is 4.29. The Bertz CT molecular complexity index is 956. The molecule has 0 saturated carbocycles. The molecule has 0 atom stereocenters. The quantitative estimate of drug-likeness (QED) is 0.657. The van der Waals surface area contributed by atoms with E-state index in [0.29, 0.717) is 39.5 Å². The van der Waals surface area contributed by atoms with Crippen LogP contribution in [0.4, 0.5) is 17.2 Å². The molecule has 0 unspecified atom stereocenters. The molecule has 2 heterocycles. The van der Waals surface area contributed by atoms with E-state index >= 15 is 0 Å². The van der Waals surface area contributed by atoms with Crippen molar-refractivity contribution in [2.24, 2.45) is 0 Å². The summed E-state index contributed by atoms with van der Waals surface area (Å²) in [6.07, 6.45) is 1.53. The van der Waals surface area contributed by atoms with E-state index in [1.165, 1.54) is 20.4 Å². The number of methoxy groups -OCH3 is 2. The average molecular weight is 389 g/mol. The van der Waals surface area contributed by atoms with Crippen molar-refractivity contribution in [3.05, 3.63) is 53.0 Å². The lowest BCUT2D eigenvalue weighted by Gasteiger charge is -2.13. The number of hydrogen-bond acceptors (Lipinski definition) is 7. The zero-order chi connectivity index (χ0) is 19.4. The van der Waals surface area contributed by atoms with Gasteiger partial charge in [0, 0.05) is 18.2 Å². The van der Waals surface area contributed by atoms with Crippen LogP contribution in [0.2, 0.25) is 5.02 Å². The molecular weight excluding hydrogens is 372 g/mol. The molecule has 0 saturated heterocycles. The lowest BCUT2D eigenvalue weighted by molar-refractivity contribution is 0.102. The number of carbonyl (C=O) groups excluding carboxylic acids is 1. The summed E-state index contributed by atoms with van der Waals surface area (Å²) in [4.78, 5) is 16.7. The summed E-state index contributed by atoms with van der Waals surface area (Å²) in [6, 6.07) is 8.20. The third-order valence-corrected chi connectivity index (χ3v) is 3.91. The van der Waals surface area contributed by atoms with Crippen molar-refractivity contribution in [2.45, 2.75) is 6.92 Å². The maximum Gasteiger partial charge on any atom is 0.274 e. The third-order valence-electron chi connectivity index (χ3n) is 3.62. The number of benzene rings is 1. The van der Waals surface area contributed by atoms with Gasteiger partial charge in [-0.1, -0.05) is 16.8 Å². The molecule has 0 fully saturated rings. The van der Waals surface area contributed by atoms with Crippen molar-refractivity contribution in [3.63, 3.8) is 0 Å². The Balaban J connectivity index is 1.74. The van der Waals surface area contributed by atoms with Crippen molar-refractivity contribution in [1.29, 1.82) is 0 Å². The highest BCUT2D eigenvalue weighted by atomic mass is 35.5. The molecular formula is C18H17ClN4O4. The van der Waals surface area contributed by atoms with Gasteiger partial charge >= 0.3 is 0 Å². The Morgan fingerprint density at radius 2 is 1.93 bits per heavy atom. The number of amides is 1. The molecule has 3 aromatic rings. The molecule has 0 aliphatic heterocycles. The zero-order valence-electron chi connectivity index (χ0n) is 14.9. The highest BCUT2D eigenvalue weighted by Gasteiger charge is 2.14. The van der Waals surface area contributed by atoms with Crippen molar-refractivity contribution < 1.29 is 18.8 Å². The lowest BCUT2D eigenvalue weighted by atomic mass is 10.2. The highest BCUT2D eigenvalue weighted by Crippen LogP contribution is 2.36. The summed E-state index contributed by atoms with van der Waals surface area (Å²) in [5.41, 5.74) is 1.32. The summed E-state index contributed by atoms with van der Waals surface area (Å²) in [5.74, 6) is 1.68. The van der Waals surface area contributed by atoms with Crippen molar-refractivity contribution in [3.8, 4) is 11.5 Å². The Morgan fingerprint density at radius 1 is 1.15 bits per heavy atom. The summed E-state index contributed by atoms with van der Waals surface area (Å²) in [5, 5.41) is 9.99. The molecule has 1 amide bonds. The zero-order valence-corrected chi connectivity index (χ0v) is 15.6. The van der Waals surface area contributed by atoms with Crippen LogP contribution in [-0.4, -0.2) is 30.3 Å². The molecule has 2 N–H and O–H groups in total. The number of halogens is 1. The predicted octanol–water partition coefficient (Wildman–Crippen LogP) is 4.04. The number of rotatable bonds is 6. The van der Waals surface area contributed by atoms with Crippen LogP contribution in [0.3, 0.4) is 0 Å². The van der Waals surface area contributed by atoms with Crippen molar-refractivity contribution >= 4 is 34.7 Å². The first-order valence-corrected chi connectivity index (χ1v) is 8.27. The number of hydrogen-bond donors (Lipinski definition) is 2. The first kappa shape index (κ1) is 18.5. The van der Waals surface area contributed by atoms with E-state index in [0.717, 1.165) is 0 Å². The van der Waals surface area contributed by atoms with Gasteiger partial charge in [0.25, 0.3) is 5.91 Å². The lowest BCUT2D eigenvalue weighted by Crippen LogP contribution is -2.14. The fourth-order valence-electron chi connectivity index (χ4n) is 2.32. The number of nitrogens with one attached hydrogen (secondary N) is 2. The largest absolute Gasteiger partial charge is 0.495 e. The molecule has 27 heavy (non-hydrogen) atoms. The summed E-state index contributed by atoms with van der Waals surface area (Å²) in [6.45, 7) is 1.80. The Kier molecular flexibility index (Phi) is 5.46. The predicted molar refractivity (Wildman–Crippen MR) is 101 cm³/mol. The molecule has 1 aromatic carbocycles. The van der Waals surface area contributed by atoms with Crippen molar-refractivity contribution in [2.75, 3.05) is 24.9 Å². The minimum atomic E-state index is -0.401. The second-order valence-corrected chi connectivity index (χ2v) is 5.93. The van der Waals surface area contributed by atoms with Gasteiger partial charge in [-0.15, -0.1) is 0 Å². The normalized spacial score (nSPS) is 10.4. The Labute approximate surface area is 160 Å². The van der Waals surface area contributed by atoms with E-state index in [-0.39, 0.29) is 5.69 Å². The molecule has 9 heteroatoms. The number of aromatic nitrogens is 2. The molecule has 0 aliphatic rings. The average Bonchev–Trinajstić information content (AvgIpc) is 3.08. The van der Waals surface area contributed by atoms with Gasteiger partial charge in [0.15, 0.2) is 5.82 Å². The second-order valence-electron chi connectivity index (χ2n) is 5.52. The minimum absolute atomic E-state index is 0.229. The summed E-state index contributed by atoms with van der Waals surface area (Å²) in [7, 11) is 2.97. The SMILES string of the molecule is COc1cc(NC(=O)c2ccc(Nc3cc(C)on3)cn2)c(OC)cc1Cl. The first-order valence-electron chi connectivity index (χ1n) is 7.89. The number of anilines is 3. The topological polar surface area (TPSA) is 98.5 Å². The minimum Gasteiger partial charge on any atom is -0.495 e. The van der Waals surface area contributed by atoms with Crippen LogP contribution in [0.25, 0.3) is 0 Å². The molecule has 0 spiro atoms. The summed E-state index contributed by atoms with van der Waals surface area (Å²) < 4.78 is 15.4. The maximum absolute atomic E-state index is 12.5. The first-order chi connectivity index (χ1) is 13.0. The smallest absolute Gasteiger partial charge is 0.274 e. The molecule has 3 rings (SSSR count). The molecule has 2 aromatic heterocycles. The molecule has 0 aliphatic carbocycles. The van der Waals surface area contributed by atoms with E-state index in [2.05, 4.69) is 20.8 Å². The molecule has 0 radical (unpaired) electrons. The fourth-order valence-corrected chi connectivity index (χ4v) is 2.55. The van der Waals surface area contributed by atoms with Gasteiger partial charge in [-0.2, -0.15) is 0 Å². The molecule has 140 valence electrons. The van der Waals surface area contributed by atoms with Crippen LogP contribution < -0.4 is 20.1 Å². The van der Waals surface area contributed by atoms with E-state index in [9.17, 15) is 4.79 Å². The van der Waals surface area contributed by atoms with Gasteiger partial charge in [0.1, 0.15) is 23.0 Å². The van der Waals surface area contributed by atoms with Crippen LogP contribution in [0.5, 0.6) is 11.5 Å². The number of nitrogens with zero attached hydrogens (tertiary/aromatic N) is 2. The van der Waals surface area contributed by atoms with Gasteiger partial charge in [-0.05, 0) is 19.1 Å². The van der Waals surface area contributed by atoms with Crippen LogP contribution in [0.15, 0.2) is 41.1 Å².